The van der Waals surface area contributed by atoms with Crippen LogP contribution < -0.4 is 5.32 Å². The first-order valence-corrected chi connectivity index (χ1v) is 5.31. The first kappa shape index (κ1) is 10.6. The van der Waals surface area contributed by atoms with Gasteiger partial charge in [-0.2, -0.15) is 0 Å². The van der Waals surface area contributed by atoms with Crippen molar-refractivity contribution in [1.29, 1.82) is 0 Å². The van der Waals surface area contributed by atoms with Crippen LogP contribution in [-0.4, -0.2) is 9.97 Å². The van der Waals surface area contributed by atoms with E-state index in [1.807, 2.05) is 0 Å². The summed E-state index contributed by atoms with van der Waals surface area (Å²) in [7, 11) is 0. The standard InChI is InChI=1S/C13H15N3/c1-10-3-4-12(11(2)5-10)6-16-13-7-14-9-15-8-13/h3-5,7-9,16H,6H2,1-2H3. The molecule has 1 N–H and O–H groups in total. The van der Waals surface area contributed by atoms with Crippen LogP contribution in [0, 0.1) is 13.8 Å². The van der Waals surface area contributed by atoms with Crippen LogP contribution in [0.5, 0.6) is 0 Å². The van der Waals surface area contributed by atoms with E-state index >= 15 is 0 Å². The lowest BCUT2D eigenvalue weighted by Crippen LogP contribution is -2.02. The van der Waals surface area contributed by atoms with Crippen molar-refractivity contribution in [3.8, 4) is 0 Å². The molecule has 16 heavy (non-hydrogen) atoms. The molecule has 1 aromatic carbocycles. The fourth-order valence-corrected chi connectivity index (χ4v) is 1.63. The average molecular weight is 213 g/mol. The number of rotatable bonds is 3. The maximum Gasteiger partial charge on any atom is 0.115 e. The summed E-state index contributed by atoms with van der Waals surface area (Å²) >= 11 is 0. The molecule has 0 spiro atoms. The Morgan fingerprint density at radius 2 is 1.88 bits per heavy atom. The molecule has 0 saturated heterocycles. The molecule has 0 amide bonds. The van der Waals surface area contributed by atoms with Crippen molar-refractivity contribution in [3.05, 3.63) is 53.6 Å². The van der Waals surface area contributed by atoms with Gasteiger partial charge in [-0.15, -0.1) is 0 Å². The second-order valence-electron chi connectivity index (χ2n) is 3.91. The van der Waals surface area contributed by atoms with Crippen molar-refractivity contribution < 1.29 is 0 Å². The molecule has 0 fully saturated rings. The fourth-order valence-electron chi connectivity index (χ4n) is 1.63. The van der Waals surface area contributed by atoms with E-state index in [0.717, 1.165) is 12.2 Å². The van der Waals surface area contributed by atoms with Crippen molar-refractivity contribution >= 4 is 5.69 Å². The van der Waals surface area contributed by atoms with E-state index in [0.29, 0.717) is 0 Å². The summed E-state index contributed by atoms with van der Waals surface area (Å²) in [5.41, 5.74) is 4.85. The molecule has 0 unspecified atom stereocenters. The van der Waals surface area contributed by atoms with Crippen molar-refractivity contribution in [2.75, 3.05) is 5.32 Å². The molecule has 82 valence electrons. The maximum atomic E-state index is 3.96. The Morgan fingerprint density at radius 1 is 1.12 bits per heavy atom. The van der Waals surface area contributed by atoms with Crippen molar-refractivity contribution in [3.63, 3.8) is 0 Å². The molecule has 0 aliphatic carbocycles. The Labute approximate surface area is 95.6 Å². The minimum absolute atomic E-state index is 0.805. The summed E-state index contributed by atoms with van der Waals surface area (Å²) in [5, 5.41) is 3.30. The monoisotopic (exact) mass is 213 g/mol. The molecule has 0 aliphatic rings. The lowest BCUT2D eigenvalue weighted by Gasteiger charge is -2.08. The van der Waals surface area contributed by atoms with Crippen LogP contribution in [0.1, 0.15) is 16.7 Å². The number of benzene rings is 1. The number of nitrogens with zero attached hydrogens (tertiary/aromatic N) is 2. The Morgan fingerprint density at radius 3 is 2.56 bits per heavy atom. The zero-order chi connectivity index (χ0) is 11.4. The molecule has 0 aliphatic heterocycles. The third-order valence-corrected chi connectivity index (χ3v) is 2.54. The quantitative estimate of drug-likeness (QED) is 0.851. The molecular formula is C13H15N3. The summed E-state index contributed by atoms with van der Waals surface area (Å²) in [4.78, 5) is 7.92. The summed E-state index contributed by atoms with van der Waals surface area (Å²) in [6.45, 7) is 5.04. The number of anilines is 1. The molecule has 0 saturated carbocycles. The predicted molar refractivity (Wildman–Crippen MR) is 65.3 cm³/mol. The molecule has 2 aromatic rings. The summed E-state index contributed by atoms with van der Waals surface area (Å²) in [6, 6.07) is 6.48. The van der Waals surface area contributed by atoms with Crippen molar-refractivity contribution in [2.45, 2.75) is 20.4 Å². The van der Waals surface area contributed by atoms with E-state index < -0.39 is 0 Å². The van der Waals surface area contributed by atoms with Gasteiger partial charge in [0.2, 0.25) is 0 Å². The third kappa shape index (κ3) is 2.57. The highest BCUT2D eigenvalue weighted by Crippen LogP contribution is 2.12. The highest BCUT2D eigenvalue weighted by molar-refractivity contribution is 5.40. The molecule has 3 nitrogen and oxygen atoms in total. The molecule has 1 heterocycles. The lowest BCUT2D eigenvalue weighted by atomic mass is 10.1. The minimum atomic E-state index is 0.805. The van der Waals surface area contributed by atoms with Gasteiger partial charge in [-0.05, 0) is 25.0 Å². The van der Waals surface area contributed by atoms with Crippen molar-refractivity contribution in [1.82, 2.24) is 9.97 Å². The lowest BCUT2D eigenvalue weighted by molar-refractivity contribution is 1.08. The SMILES string of the molecule is Cc1ccc(CNc2cncnc2)c(C)c1. The predicted octanol–water partition coefficient (Wildman–Crippen LogP) is 2.71. The molecule has 1 aromatic heterocycles. The van der Waals surface area contributed by atoms with Gasteiger partial charge >= 0.3 is 0 Å². The first-order valence-electron chi connectivity index (χ1n) is 5.31. The van der Waals surface area contributed by atoms with Crippen LogP contribution in [0.2, 0.25) is 0 Å². The largest absolute Gasteiger partial charge is 0.378 e. The summed E-state index contributed by atoms with van der Waals surface area (Å²) in [6.07, 6.45) is 5.08. The van der Waals surface area contributed by atoms with Crippen LogP contribution in [0.15, 0.2) is 36.9 Å². The van der Waals surface area contributed by atoms with E-state index in [-0.39, 0.29) is 0 Å². The van der Waals surface area contributed by atoms with Crippen LogP contribution >= 0.6 is 0 Å². The number of aryl methyl sites for hydroxylation is 2. The van der Waals surface area contributed by atoms with E-state index in [1.165, 1.54) is 23.0 Å². The highest BCUT2D eigenvalue weighted by Gasteiger charge is 1.98. The summed E-state index contributed by atoms with van der Waals surface area (Å²) in [5.74, 6) is 0. The van der Waals surface area contributed by atoms with Crippen LogP contribution in [0.4, 0.5) is 5.69 Å². The van der Waals surface area contributed by atoms with Crippen LogP contribution in [0.3, 0.4) is 0 Å². The van der Waals surface area contributed by atoms with Gasteiger partial charge in [0.25, 0.3) is 0 Å². The second-order valence-corrected chi connectivity index (χ2v) is 3.91. The smallest absolute Gasteiger partial charge is 0.115 e. The van der Waals surface area contributed by atoms with Gasteiger partial charge in [0.1, 0.15) is 6.33 Å². The zero-order valence-electron chi connectivity index (χ0n) is 9.57. The Kier molecular flexibility index (Phi) is 3.15. The molecule has 0 bridgehead atoms. The van der Waals surface area contributed by atoms with Gasteiger partial charge in [-0.1, -0.05) is 23.8 Å². The highest BCUT2D eigenvalue weighted by atomic mass is 14.9. The second kappa shape index (κ2) is 4.75. The summed E-state index contributed by atoms with van der Waals surface area (Å²) < 4.78 is 0. The molecule has 0 atom stereocenters. The van der Waals surface area contributed by atoms with Crippen LogP contribution in [0.25, 0.3) is 0 Å². The van der Waals surface area contributed by atoms with E-state index in [1.54, 1.807) is 12.4 Å². The minimum Gasteiger partial charge on any atom is -0.378 e. The van der Waals surface area contributed by atoms with Gasteiger partial charge in [-0.25, -0.2) is 9.97 Å². The maximum absolute atomic E-state index is 3.96. The average Bonchev–Trinajstić information content (AvgIpc) is 2.29. The van der Waals surface area contributed by atoms with Crippen LogP contribution in [-0.2, 0) is 6.54 Å². The molecule has 3 heteroatoms. The number of hydrogen-bond donors (Lipinski definition) is 1. The van der Waals surface area contributed by atoms with Gasteiger partial charge in [0.15, 0.2) is 0 Å². The van der Waals surface area contributed by atoms with Gasteiger partial charge in [0.05, 0.1) is 18.1 Å². The van der Waals surface area contributed by atoms with Gasteiger partial charge in [-0.3, -0.25) is 0 Å². The Hall–Kier alpha value is -1.90. The van der Waals surface area contributed by atoms with Crippen molar-refractivity contribution in [2.24, 2.45) is 0 Å². The van der Waals surface area contributed by atoms with Gasteiger partial charge in [0, 0.05) is 6.54 Å². The Balaban J connectivity index is 2.05. The number of nitrogens with one attached hydrogen (secondary N) is 1. The third-order valence-electron chi connectivity index (χ3n) is 2.54. The van der Waals surface area contributed by atoms with E-state index in [9.17, 15) is 0 Å². The number of hydrogen-bond acceptors (Lipinski definition) is 3. The van der Waals surface area contributed by atoms with E-state index in [2.05, 4.69) is 47.3 Å². The first-order chi connectivity index (χ1) is 7.75. The molecule has 2 rings (SSSR count). The normalized spacial score (nSPS) is 10.1. The molecular weight excluding hydrogens is 198 g/mol. The van der Waals surface area contributed by atoms with E-state index in [4.69, 9.17) is 0 Å². The fraction of sp³-hybridized carbons (Fsp3) is 0.231. The molecule has 0 radical (unpaired) electrons. The number of aromatic nitrogens is 2. The topological polar surface area (TPSA) is 37.8 Å². The van der Waals surface area contributed by atoms with Gasteiger partial charge < -0.3 is 5.32 Å². The Bertz CT molecular complexity index is 466. The zero-order valence-corrected chi connectivity index (χ0v) is 9.57.